The number of para-hydroxylation sites is 1. The van der Waals surface area contributed by atoms with Crippen molar-refractivity contribution in [2.45, 2.75) is 0 Å². The number of rotatable bonds is 2. The zero-order chi connectivity index (χ0) is 26.9. The maximum atomic E-state index is 5.11. The molecule has 3 heteroatoms. The molecule has 9 aromatic rings. The lowest BCUT2D eigenvalue weighted by molar-refractivity contribution is 1.23. The molecule has 0 saturated carbocycles. The lowest BCUT2D eigenvalue weighted by atomic mass is 9.94. The summed E-state index contributed by atoms with van der Waals surface area (Å²) in [6.45, 7) is 0. The molecule has 41 heavy (non-hydrogen) atoms. The van der Waals surface area contributed by atoms with Crippen molar-refractivity contribution in [1.82, 2.24) is 9.97 Å². The highest BCUT2D eigenvalue weighted by Crippen LogP contribution is 2.40. The summed E-state index contributed by atoms with van der Waals surface area (Å²) in [5.41, 5.74) is 4.03. The quantitative estimate of drug-likeness (QED) is 0.205. The van der Waals surface area contributed by atoms with Crippen LogP contribution in [0.4, 0.5) is 0 Å². The third-order valence-electron chi connectivity index (χ3n) is 8.22. The molecule has 2 heterocycles. The maximum Gasteiger partial charge on any atom is 0.160 e. The van der Waals surface area contributed by atoms with Crippen molar-refractivity contribution in [2.24, 2.45) is 0 Å². The topological polar surface area (TPSA) is 25.8 Å². The molecule has 0 aliphatic carbocycles. The molecule has 2 nitrogen and oxygen atoms in total. The fourth-order valence-electron chi connectivity index (χ4n) is 6.27. The smallest absolute Gasteiger partial charge is 0.160 e. The Morgan fingerprint density at radius 3 is 2.02 bits per heavy atom. The molecule has 0 aliphatic heterocycles. The molecule has 2 aromatic heterocycles. The Morgan fingerprint density at radius 1 is 0.415 bits per heavy atom. The molecule has 190 valence electrons. The van der Waals surface area contributed by atoms with Crippen LogP contribution in [0.3, 0.4) is 0 Å². The maximum absolute atomic E-state index is 5.11. The van der Waals surface area contributed by atoms with Crippen LogP contribution in [0.25, 0.3) is 86.0 Å². The summed E-state index contributed by atoms with van der Waals surface area (Å²) >= 11 is 1.87. The molecule has 0 radical (unpaired) electrons. The fourth-order valence-corrected chi connectivity index (χ4v) is 7.40. The van der Waals surface area contributed by atoms with E-state index in [4.69, 9.17) is 9.97 Å². The minimum Gasteiger partial charge on any atom is -0.228 e. The van der Waals surface area contributed by atoms with Crippen LogP contribution in [0.1, 0.15) is 0 Å². The summed E-state index contributed by atoms with van der Waals surface area (Å²) in [6.07, 6.45) is 0. The van der Waals surface area contributed by atoms with Gasteiger partial charge in [0, 0.05) is 36.7 Å². The van der Waals surface area contributed by atoms with Gasteiger partial charge in [0.15, 0.2) is 5.82 Å². The predicted octanol–water partition coefficient (Wildman–Crippen LogP) is 10.8. The highest BCUT2D eigenvalue weighted by Gasteiger charge is 2.14. The molecule has 0 aliphatic rings. The Hall–Kier alpha value is -5.12. The first kappa shape index (κ1) is 22.7. The van der Waals surface area contributed by atoms with E-state index in [1.54, 1.807) is 0 Å². The Kier molecular flexibility index (Phi) is 4.80. The summed E-state index contributed by atoms with van der Waals surface area (Å²) in [7, 11) is 0. The Balaban J connectivity index is 1.29. The van der Waals surface area contributed by atoms with Gasteiger partial charge in [0.1, 0.15) is 0 Å². The number of fused-ring (bicyclic) bond motifs is 9. The van der Waals surface area contributed by atoms with Crippen LogP contribution in [0.5, 0.6) is 0 Å². The molecule has 0 atom stereocenters. The van der Waals surface area contributed by atoms with Gasteiger partial charge in [0.05, 0.1) is 11.2 Å². The van der Waals surface area contributed by atoms with Crippen molar-refractivity contribution >= 4 is 74.7 Å². The molecular weight excluding hydrogens is 516 g/mol. The van der Waals surface area contributed by atoms with E-state index >= 15 is 0 Å². The summed E-state index contributed by atoms with van der Waals surface area (Å²) in [5, 5.41) is 11.3. The van der Waals surface area contributed by atoms with Gasteiger partial charge in [-0.15, -0.1) is 11.3 Å². The molecular formula is C38H22N2S. The number of aromatic nitrogens is 2. The second kappa shape index (κ2) is 8.69. The van der Waals surface area contributed by atoms with Crippen LogP contribution < -0.4 is 0 Å². The van der Waals surface area contributed by atoms with Gasteiger partial charge in [-0.3, -0.25) is 0 Å². The Bertz CT molecular complexity index is 2470. The van der Waals surface area contributed by atoms with Crippen molar-refractivity contribution < 1.29 is 0 Å². The molecule has 7 aromatic carbocycles. The van der Waals surface area contributed by atoms with Crippen LogP contribution >= 0.6 is 11.3 Å². The fraction of sp³-hybridized carbons (Fsp3) is 0. The monoisotopic (exact) mass is 538 g/mol. The van der Waals surface area contributed by atoms with Gasteiger partial charge in [0.2, 0.25) is 0 Å². The first-order valence-corrected chi connectivity index (χ1v) is 14.6. The molecule has 0 unspecified atom stereocenters. The molecule has 0 saturated heterocycles. The van der Waals surface area contributed by atoms with Crippen molar-refractivity contribution in [3.05, 3.63) is 133 Å². The van der Waals surface area contributed by atoms with Crippen LogP contribution in [-0.4, -0.2) is 9.97 Å². The lowest BCUT2D eigenvalue weighted by Crippen LogP contribution is -1.95. The minimum atomic E-state index is 0.744. The zero-order valence-corrected chi connectivity index (χ0v) is 22.8. The van der Waals surface area contributed by atoms with Crippen molar-refractivity contribution in [3.63, 3.8) is 0 Å². The van der Waals surface area contributed by atoms with Crippen LogP contribution in [-0.2, 0) is 0 Å². The third kappa shape index (κ3) is 3.49. The minimum absolute atomic E-state index is 0.744. The number of benzene rings is 7. The van der Waals surface area contributed by atoms with E-state index in [1.807, 2.05) is 23.5 Å². The third-order valence-corrected chi connectivity index (χ3v) is 9.35. The van der Waals surface area contributed by atoms with E-state index in [9.17, 15) is 0 Å². The summed E-state index contributed by atoms with van der Waals surface area (Å²) in [5.74, 6) is 0.744. The zero-order valence-electron chi connectivity index (χ0n) is 22.0. The van der Waals surface area contributed by atoms with Gasteiger partial charge in [-0.2, -0.15) is 0 Å². The molecule has 0 amide bonds. The van der Waals surface area contributed by atoms with E-state index in [2.05, 4.69) is 121 Å². The van der Waals surface area contributed by atoms with E-state index in [1.165, 1.54) is 52.5 Å². The second-order valence-electron chi connectivity index (χ2n) is 10.6. The molecule has 0 bridgehead atoms. The summed E-state index contributed by atoms with van der Waals surface area (Å²) in [6, 6.07) is 47.8. The summed E-state index contributed by atoms with van der Waals surface area (Å²) in [4.78, 5) is 10.1. The van der Waals surface area contributed by atoms with Crippen molar-refractivity contribution in [1.29, 1.82) is 0 Å². The van der Waals surface area contributed by atoms with Crippen molar-refractivity contribution in [2.75, 3.05) is 0 Å². The second-order valence-corrected chi connectivity index (χ2v) is 11.7. The first-order valence-electron chi connectivity index (χ1n) is 13.8. The van der Waals surface area contributed by atoms with Gasteiger partial charge >= 0.3 is 0 Å². The Labute approximate surface area is 240 Å². The van der Waals surface area contributed by atoms with Crippen LogP contribution in [0.15, 0.2) is 133 Å². The van der Waals surface area contributed by atoms with E-state index < -0.39 is 0 Å². The largest absolute Gasteiger partial charge is 0.228 e. The molecule has 0 spiro atoms. The number of hydrogen-bond acceptors (Lipinski definition) is 3. The standard InChI is InChI=1S/C38H22N2S/c1-2-8-24(9-3-1)37-30-11-4-6-12-33(30)39-38(40-37)27-18-19-28-25(20-27)16-14-23-15-17-26-21-35-32(22-31(26)36(23)28)29-10-5-7-13-34(29)41-35/h1-22H. The van der Waals surface area contributed by atoms with Crippen LogP contribution in [0.2, 0.25) is 0 Å². The van der Waals surface area contributed by atoms with E-state index in [0.717, 1.165) is 33.5 Å². The average Bonchev–Trinajstić information content (AvgIpc) is 3.40. The SMILES string of the molecule is c1ccc(-c2nc(-c3ccc4c(ccc5ccc6cc7sc8ccccc8c7cc6c54)c3)nc3ccccc23)cc1. The highest BCUT2D eigenvalue weighted by atomic mass is 32.1. The van der Waals surface area contributed by atoms with Gasteiger partial charge in [0.25, 0.3) is 0 Å². The van der Waals surface area contributed by atoms with Gasteiger partial charge < -0.3 is 0 Å². The molecule has 0 N–H and O–H groups in total. The van der Waals surface area contributed by atoms with E-state index in [0.29, 0.717) is 0 Å². The summed E-state index contributed by atoms with van der Waals surface area (Å²) < 4.78 is 2.67. The number of hydrogen-bond donors (Lipinski definition) is 0. The average molecular weight is 539 g/mol. The lowest BCUT2D eigenvalue weighted by Gasteiger charge is -2.12. The van der Waals surface area contributed by atoms with E-state index in [-0.39, 0.29) is 0 Å². The number of nitrogens with zero attached hydrogens (tertiary/aromatic N) is 2. The van der Waals surface area contributed by atoms with Crippen molar-refractivity contribution in [3.8, 4) is 22.6 Å². The predicted molar refractivity (Wildman–Crippen MR) is 176 cm³/mol. The molecule has 9 rings (SSSR count). The first-order chi connectivity index (χ1) is 20.3. The number of thiophene rings is 1. The Morgan fingerprint density at radius 2 is 1.15 bits per heavy atom. The van der Waals surface area contributed by atoms with Gasteiger partial charge in [-0.1, -0.05) is 103 Å². The molecule has 0 fully saturated rings. The highest BCUT2D eigenvalue weighted by molar-refractivity contribution is 7.25. The van der Waals surface area contributed by atoms with Gasteiger partial charge in [-0.05, 0) is 62.6 Å². The van der Waals surface area contributed by atoms with Gasteiger partial charge in [-0.25, -0.2) is 9.97 Å². The van der Waals surface area contributed by atoms with Crippen LogP contribution in [0, 0.1) is 0 Å². The normalized spacial score (nSPS) is 11.9.